The van der Waals surface area contributed by atoms with Crippen molar-refractivity contribution in [3.05, 3.63) is 0 Å². The predicted octanol–water partition coefficient (Wildman–Crippen LogP) is 2.21. The molecule has 1 N–H and O–H groups in total. The van der Waals surface area contributed by atoms with Crippen LogP contribution in [0.3, 0.4) is 0 Å². The van der Waals surface area contributed by atoms with Crippen LogP contribution in [0.15, 0.2) is 0 Å². The lowest BCUT2D eigenvalue weighted by Gasteiger charge is -2.27. The van der Waals surface area contributed by atoms with Gasteiger partial charge in [-0.3, -0.25) is 0 Å². The molecule has 3 heteroatoms. The molecule has 3 nitrogen and oxygen atoms in total. The van der Waals surface area contributed by atoms with Crippen molar-refractivity contribution >= 4 is 0 Å². The maximum Gasteiger partial charge on any atom is 0.0637 e. The average molecular weight is 217 g/mol. The van der Waals surface area contributed by atoms with E-state index < -0.39 is 0 Å². The molecule has 0 aromatic carbocycles. The third-order valence-electron chi connectivity index (χ3n) is 2.62. The number of methoxy groups -OCH3 is 2. The summed E-state index contributed by atoms with van der Waals surface area (Å²) in [5, 5.41) is 3.50. The first-order valence-electron chi connectivity index (χ1n) is 5.79. The van der Waals surface area contributed by atoms with Crippen LogP contribution in [0.4, 0.5) is 0 Å². The Bertz CT molecular complexity index is 149. The molecule has 1 atom stereocenters. The van der Waals surface area contributed by atoms with Gasteiger partial charge in [0.15, 0.2) is 0 Å². The Morgan fingerprint density at radius 3 is 2.40 bits per heavy atom. The Labute approximate surface area is 94.5 Å². The van der Waals surface area contributed by atoms with Crippen LogP contribution >= 0.6 is 0 Å². The Hall–Kier alpha value is -0.120. The third kappa shape index (κ3) is 8.85. The fourth-order valence-electron chi connectivity index (χ4n) is 1.61. The van der Waals surface area contributed by atoms with Gasteiger partial charge in [0.25, 0.3) is 0 Å². The van der Waals surface area contributed by atoms with Gasteiger partial charge in [-0.25, -0.2) is 0 Å². The second-order valence-electron chi connectivity index (χ2n) is 4.72. The van der Waals surface area contributed by atoms with Gasteiger partial charge in [-0.1, -0.05) is 0 Å². The first-order valence-corrected chi connectivity index (χ1v) is 5.79. The first-order chi connectivity index (χ1) is 7.02. The second-order valence-corrected chi connectivity index (χ2v) is 4.72. The minimum Gasteiger partial charge on any atom is -0.385 e. The zero-order valence-corrected chi connectivity index (χ0v) is 10.9. The maximum atomic E-state index is 5.39. The van der Waals surface area contributed by atoms with Gasteiger partial charge < -0.3 is 14.8 Å². The number of ether oxygens (including phenoxy) is 2. The van der Waals surface area contributed by atoms with E-state index in [1.165, 1.54) is 6.42 Å². The molecular formula is C12H27NO2. The highest BCUT2D eigenvalue weighted by atomic mass is 16.5. The SMILES string of the molecule is COCCCCN[C@H](C)CC(C)(C)OC. The monoisotopic (exact) mass is 217 g/mol. The van der Waals surface area contributed by atoms with Gasteiger partial charge in [-0.15, -0.1) is 0 Å². The fourth-order valence-corrected chi connectivity index (χ4v) is 1.61. The van der Waals surface area contributed by atoms with Crippen LogP contribution in [-0.4, -0.2) is 39.0 Å². The predicted molar refractivity (Wildman–Crippen MR) is 64.3 cm³/mol. The summed E-state index contributed by atoms with van der Waals surface area (Å²) in [6.07, 6.45) is 3.34. The summed E-state index contributed by atoms with van der Waals surface area (Å²) in [7, 11) is 3.52. The van der Waals surface area contributed by atoms with Crippen molar-refractivity contribution in [1.29, 1.82) is 0 Å². The van der Waals surface area contributed by atoms with Gasteiger partial charge in [0.2, 0.25) is 0 Å². The molecule has 0 saturated carbocycles. The van der Waals surface area contributed by atoms with Gasteiger partial charge >= 0.3 is 0 Å². The molecule has 0 aromatic heterocycles. The number of hydrogen-bond donors (Lipinski definition) is 1. The standard InChI is InChI=1S/C12H27NO2/c1-11(10-12(2,3)15-5)13-8-6-7-9-14-4/h11,13H,6-10H2,1-5H3/t11-/m1/s1. The van der Waals surface area contributed by atoms with Crippen LogP contribution in [-0.2, 0) is 9.47 Å². The summed E-state index contributed by atoms with van der Waals surface area (Å²) < 4.78 is 10.4. The van der Waals surface area contributed by atoms with Gasteiger partial charge in [0.1, 0.15) is 0 Å². The van der Waals surface area contributed by atoms with Crippen LogP contribution in [0.5, 0.6) is 0 Å². The maximum absolute atomic E-state index is 5.39. The van der Waals surface area contributed by atoms with Gasteiger partial charge in [0, 0.05) is 26.9 Å². The van der Waals surface area contributed by atoms with Crippen molar-refractivity contribution in [3.63, 3.8) is 0 Å². The minimum absolute atomic E-state index is 0.0288. The summed E-state index contributed by atoms with van der Waals surface area (Å²) >= 11 is 0. The molecule has 0 rings (SSSR count). The van der Waals surface area contributed by atoms with Crippen molar-refractivity contribution in [3.8, 4) is 0 Å². The number of unbranched alkanes of at least 4 members (excludes halogenated alkanes) is 1. The lowest BCUT2D eigenvalue weighted by Crippen LogP contribution is -2.36. The molecule has 0 heterocycles. The Kier molecular flexibility index (Phi) is 8.02. The molecule has 0 aliphatic carbocycles. The number of rotatable bonds is 9. The largest absolute Gasteiger partial charge is 0.385 e. The molecular weight excluding hydrogens is 190 g/mol. The smallest absolute Gasteiger partial charge is 0.0637 e. The van der Waals surface area contributed by atoms with E-state index in [1.807, 2.05) is 0 Å². The normalized spacial score (nSPS) is 14.2. The lowest BCUT2D eigenvalue weighted by molar-refractivity contribution is 0.00856. The van der Waals surface area contributed by atoms with Crippen molar-refractivity contribution in [2.24, 2.45) is 0 Å². The van der Waals surface area contributed by atoms with Gasteiger partial charge in [-0.05, 0) is 46.6 Å². The van der Waals surface area contributed by atoms with Crippen molar-refractivity contribution in [1.82, 2.24) is 5.32 Å². The molecule has 15 heavy (non-hydrogen) atoms. The third-order valence-corrected chi connectivity index (χ3v) is 2.62. The molecule has 0 saturated heterocycles. The van der Waals surface area contributed by atoms with Gasteiger partial charge in [0.05, 0.1) is 5.60 Å². The van der Waals surface area contributed by atoms with E-state index in [1.54, 1.807) is 14.2 Å². The molecule has 0 bridgehead atoms. The lowest BCUT2D eigenvalue weighted by atomic mass is 10.00. The van der Waals surface area contributed by atoms with E-state index in [9.17, 15) is 0 Å². The highest BCUT2D eigenvalue weighted by Gasteiger charge is 2.19. The zero-order chi connectivity index (χ0) is 11.7. The van der Waals surface area contributed by atoms with E-state index in [4.69, 9.17) is 9.47 Å². The first kappa shape index (κ1) is 14.9. The average Bonchev–Trinajstić information content (AvgIpc) is 2.17. The molecule has 0 radical (unpaired) electrons. The van der Waals surface area contributed by atoms with Crippen molar-refractivity contribution in [2.75, 3.05) is 27.4 Å². The molecule has 0 amide bonds. The second kappa shape index (κ2) is 8.08. The van der Waals surface area contributed by atoms with E-state index in [0.717, 1.165) is 26.0 Å². The molecule has 0 aliphatic heterocycles. The summed E-state index contributed by atoms with van der Waals surface area (Å²) in [5.74, 6) is 0. The number of hydrogen-bond acceptors (Lipinski definition) is 3. The molecule has 92 valence electrons. The van der Waals surface area contributed by atoms with Crippen LogP contribution in [0, 0.1) is 0 Å². The molecule has 0 aromatic rings. The Balaban J connectivity index is 3.45. The van der Waals surface area contributed by atoms with Crippen LogP contribution in [0.2, 0.25) is 0 Å². The van der Waals surface area contributed by atoms with E-state index >= 15 is 0 Å². The minimum atomic E-state index is -0.0288. The highest BCUT2D eigenvalue weighted by Crippen LogP contribution is 2.15. The van der Waals surface area contributed by atoms with E-state index in [-0.39, 0.29) is 5.60 Å². The van der Waals surface area contributed by atoms with E-state index in [0.29, 0.717) is 6.04 Å². The van der Waals surface area contributed by atoms with Crippen molar-refractivity contribution in [2.45, 2.75) is 51.7 Å². The molecule has 0 aliphatic rings. The zero-order valence-electron chi connectivity index (χ0n) is 10.9. The van der Waals surface area contributed by atoms with Crippen LogP contribution in [0.25, 0.3) is 0 Å². The number of nitrogens with one attached hydrogen (secondary N) is 1. The summed E-state index contributed by atoms with van der Waals surface area (Å²) in [6.45, 7) is 8.37. The Morgan fingerprint density at radius 2 is 1.87 bits per heavy atom. The summed E-state index contributed by atoms with van der Waals surface area (Å²) in [4.78, 5) is 0. The molecule has 0 fully saturated rings. The van der Waals surface area contributed by atoms with Gasteiger partial charge in [-0.2, -0.15) is 0 Å². The topological polar surface area (TPSA) is 30.5 Å². The van der Waals surface area contributed by atoms with Crippen LogP contribution < -0.4 is 5.32 Å². The Morgan fingerprint density at radius 1 is 1.20 bits per heavy atom. The summed E-state index contributed by atoms with van der Waals surface area (Å²) in [6, 6.07) is 0.502. The van der Waals surface area contributed by atoms with Crippen molar-refractivity contribution < 1.29 is 9.47 Å². The highest BCUT2D eigenvalue weighted by molar-refractivity contribution is 4.75. The molecule has 0 spiro atoms. The quantitative estimate of drug-likeness (QED) is 0.601. The van der Waals surface area contributed by atoms with E-state index in [2.05, 4.69) is 26.1 Å². The molecule has 0 unspecified atom stereocenters. The van der Waals surface area contributed by atoms with Crippen LogP contribution in [0.1, 0.15) is 40.0 Å². The fraction of sp³-hybridized carbons (Fsp3) is 1.00. The summed E-state index contributed by atoms with van der Waals surface area (Å²) in [5.41, 5.74) is -0.0288.